The summed E-state index contributed by atoms with van der Waals surface area (Å²) < 4.78 is 12.8. The molecule has 4 atom stereocenters. The minimum Gasteiger partial charge on any atom is -0.465 e. The molecule has 7 nitrogen and oxygen atoms in total. The highest BCUT2D eigenvalue weighted by atomic mass is 16.6. The molecule has 0 spiro atoms. The summed E-state index contributed by atoms with van der Waals surface area (Å²) in [6, 6.07) is 8.19. The van der Waals surface area contributed by atoms with Crippen LogP contribution < -0.4 is 0 Å². The maximum Gasteiger partial charge on any atom is 0.419 e. The Morgan fingerprint density at radius 3 is 2.59 bits per heavy atom. The number of carbonyl (C=O) groups excluding carboxylic acids is 3. The summed E-state index contributed by atoms with van der Waals surface area (Å²) in [7, 11) is 0. The molecule has 182 valence electrons. The average molecular weight is 467 g/mol. The van der Waals surface area contributed by atoms with Gasteiger partial charge in [0, 0.05) is 23.9 Å². The molecule has 3 heterocycles. The fourth-order valence-corrected chi connectivity index (χ4v) is 6.37. The highest BCUT2D eigenvalue weighted by Crippen LogP contribution is 2.48. The van der Waals surface area contributed by atoms with Crippen LogP contribution in [0.2, 0.25) is 0 Å². The summed E-state index contributed by atoms with van der Waals surface area (Å²) in [5.74, 6) is -1.13. The minimum absolute atomic E-state index is 0.0339. The molecule has 2 aliphatic heterocycles. The van der Waals surface area contributed by atoms with Gasteiger partial charge < -0.3 is 9.47 Å². The fraction of sp³-hybridized carbons (Fsp3) is 0.593. The Hall–Kier alpha value is -2.67. The maximum absolute atomic E-state index is 13.4. The minimum atomic E-state index is -0.633. The molecule has 7 heteroatoms. The van der Waals surface area contributed by atoms with Gasteiger partial charge in [0.2, 0.25) is 0 Å². The lowest BCUT2D eigenvalue weighted by molar-refractivity contribution is -0.157. The molecule has 2 fully saturated rings. The highest BCUT2D eigenvalue weighted by Gasteiger charge is 2.50. The van der Waals surface area contributed by atoms with Gasteiger partial charge in [-0.05, 0) is 71.4 Å². The molecule has 5 rings (SSSR count). The molecule has 1 aromatic heterocycles. The van der Waals surface area contributed by atoms with Crippen molar-refractivity contribution in [3.63, 3.8) is 0 Å². The van der Waals surface area contributed by atoms with Crippen LogP contribution in [0.25, 0.3) is 10.9 Å². The zero-order valence-electron chi connectivity index (χ0n) is 20.5. The van der Waals surface area contributed by atoms with Gasteiger partial charge in [-0.2, -0.15) is 0 Å². The summed E-state index contributed by atoms with van der Waals surface area (Å²) in [5, 5.41) is 1.10. The number of nitrogens with zero attached hydrogens (tertiary/aromatic N) is 2. The quantitative estimate of drug-likeness (QED) is 0.474. The summed E-state index contributed by atoms with van der Waals surface area (Å²) in [6.45, 7) is 8.56. The van der Waals surface area contributed by atoms with Gasteiger partial charge in [0.05, 0.1) is 23.9 Å². The topological polar surface area (TPSA) is 77.8 Å². The molecule has 1 aromatic carbocycles. The number of para-hydroxylation sites is 1. The van der Waals surface area contributed by atoms with Crippen LogP contribution in [0.5, 0.6) is 0 Å². The van der Waals surface area contributed by atoms with Crippen molar-refractivity contribution in [2.45, 2.75) is 77.5 Å². The molecule has 0 bridgehead atoms. The highest BCUT2D eigenvalue weighted by molar-refractivity contribution is 6.01. The number of aromatic nitrogens is 1. The number of piperidine rings is 1. The van der Waals surface area contributed by atoms with E-state index in [4.69, 9.17) is 9.47 Å². The molecule has 34 heavy (non-hydrogen) atoms. The molecular formula is C27H34N2O5. The molecule has 1 saturated carbocycles. The zero-order valence-corrected chi connectivity index (χ0v) is 20.5. The van der Waals surface area contributed by atoms with Crippen molar-refractivity contribution >= 4 is 28.7 Å². The van der Waals surface area contributed by atoms with E-state index in [1.54, 1.807) is 11.5 Å². The number of Topliss-reactive ketones (excluding diaryl/α,β-unsaturated/α-hetero) is 1. The second-order valence-corrected chi connectivity index (χ2v) is 10.7. The maximum atomic E-state index is 13.4. The standard InChI is InChI=1S/C27H34N2O5/c1-5-33-25(31)19-11-12-20-18(24(19)30)10-13-22-23-17(14-15-28(20)22)16-8-6-7-9-21(16)29(23)26(32)34-27(2,3)4/h6-9,18-20,22H,5,10-15H2,1-4H3/t18-,19?,20+,22+/m0/s1. The first kappa shape index (κ1) is 23.1. The van der Waals surface area contributed by atoms with Gasteiger partial charge in [-0.25, -0.2) is 9.36 Å². The number of ether oxygens (including phenoxy) is 2. The molecule has 1 unspecified atom stereocenters. The average Bonchev–Trinajstić information content (AvgIpc) is 3.13. The summed E-state index contributed by atoms with van der Waals surface area (Å²) in [5.41, 5.74) is 2.51. The first-order valence-corrected chi connectivity index (χ1v) is 12.5. The Balaban J connectivity index is 1.51. The molecular weight excluding hydrogens is 432 g/mol. The third-order valence-electron chi connectivity index (χ3n) is 7.60. The molecule has 1 aliphatic carbocycles. The van der Waals surface area contributed by atoms with Crippen LogP contribution >= 0.6 is 0 Å². The molecule has 2 aromatic rings. The molecule has 0 amide bonds. The lowest BCUT2D eigenvalue weighted by Crippen LogP contribution is -2.56. The van der Waals surface area contributed by atoms with Crippen LogP contribution in [0.1, 0.15) is 70.7 Å². The van der Waals surface area contributed by atoms with Gasteiger partial charge in [-0.15, -0.1) is 0 Å². The first-order chi connectivity index (χ1) is 16.2. The Labute approximate surface area is 200 Å². The number of fused-ring (bicyclic) bond motifs is 7. The van der Waals surface area contributed by atoms with E-state index in [9.17, 15) is 14.4 Å². The van der Waals surface area contributed by atoms with E-state index in [0.717, 1.165) is 48.8 Å². The Morgan fingerprint density at radius 2 is 1.85 bits per heavy atom. The number of ketones is 1. The fourth-order valence-electron chi connectivity index (χ4n) is 6.37. The lowest BCUT2D eigenvalue weighted by atomic mass is 9.70. The van der Waals surface area contributed by atoms with Crippen LogP contribution in [0.4, 0.5) is 4.79 Å². The van der Waals surface area contributed by atoms with Crippen molar-refractivity contribution in [2.24, 2.45) is 11.8 Å². The zero-order chi connectivity index (χ0) is 24.2. The van der Waals surface area contributed by atoms with E-state index in [1.807, 2.05) is 39.0 Å². The second-order valence-electron chi connectivity index (χ2n) is 10.7. The monoisotopic (exact) mass is 466 g/mol. The van der Waals surface area contributed by atoms with Gasteiger partial charge in [0.25, 0.3) is 0 Å². The Bertz CT molecular complexity index is 1140. The van der Waals surface area contributed by atoms with Crippen LogP contribution in [0.3, 0.4) is 0 Å². The van der Waals surface area contributed by atoms with E-state index in [-0.39, 0.29) is 35.8 Å². The number of benzene rings is 1. The second kappa shape index (κ2) is 8.52. The molecule has 3 aliphatic rings. The number of rotatable bonds is 2. The van der Waals surface area contributed by atoms with E-state index >= 15 is 0 Å². The number of hydrogen-bond donors (Lipinski definition) is 0. The largest absolute Gasteiger partial charge is 0.465 e. The SMILES string of the molecule is CCOC(=O)C1CC[C@@H]2[C@H](CC[C@@H]3c4c(c5ccccc5n4C(=O)OC(C)(C)C)CCN32)C1=O. The predicted molar refractivity (Wildman–Crippen MR) is 128 cm³/mol. The van der Waals surface area contributed by atoms with Gasteiger partial charge in [-0.3, -0.25) is 14.5 Å². The third-order valence-corrected chi connectivity index (χ3v) is 7.60. The molecule has 0 radical (unpaired) electrons. The summed E-state index contributed by atoms with van der Waals surface area (Å²) in [4.78, 5) is 41.5. The molecule has 1 saturated heterocycles. The number of hydrogen-bond acceptors (Lipinski definition) is 6. The smallest absolute Gasteiger partial charge is 0.419 e. The van der Waals surface area contributed by atoms with Crippen LogP contribution in [0.15, 0.2) is 24.3 Å². The van der Waals surface area contributed by atoms with Crippen molar-refractivity contribution in [1.82, 2.24) is 9.47 Å². The number of carbonyl (C=O) groups is 3. The van der Waals surface area contributed by atoms with Crippen molar-refractivity contribution in [2.75, 3.05) is 13.2 Å². The third kappa shape index (κ3) is 3.74. The number of esters is 1. The van der Waals surface area contributed by atoms with Gasteiger partial charge in [0.15, 0.2) is 5.78 Å². The van der Waals surface area contributed by atoms with Crippen molar-refractivity contribution in [3.8, 4) is 0 Å². The van der Waals surface area contributed by atoms with Gasteiger partial charge in [0.1, 0.15) is 11.5 Å². The Kier molecular flexibility index (Phi) is 5.79. The van der Waals surface area contributed by atoms with Crippen molar-refractivity contribution in [3.05, 3.63) is 35.5 Å². The van der Waals surface area contributed by atoms with Crippen LogP contribution in [-0.2, 0) is 25.5 Å². The first-order valence-electron chi connectivity index (χ1n) is 12.5. The van der Waals surface area contributed by atoms with Gasteiger partial charge in [-0.1, -0.05) is 18.2 Å². The normalized spacial score (nSPS) is 27.0. The van der Waals surface area contributed by atoms with E-state index < -0.39 is 11.5 Å². The van der Waals surface area contributed by atoms with Crippen molar-refractivity contribution in [1.29, 1.82) is 0 Å². The summed E-state index contributed by atoms with van der Waals surface area (Å²) in [6.07, 6.45) is 3.28. The van der Waals surface area contributed by atoms with E-state index in [2.05, 4.69) is 11.0 Å². The van der Waals surface area contributed by atoms with Gasteiger partial charge >= 0.3 is 12.1 Å². The lowest BCUT2D eigenvalue weighted by Gasteiger charge is -2.50. The van der Waals surface area contributed by atoms with Crippen LogP contribution in [0, 0.1) is 11.8 Å². The van der Waals surface area contributed by atoms with Crippen molar-refractivity contribution < 1.29 is 23.9 Å². The molecule has 0 N–H and O–H groups in total. The van der Waals surface area contributed by atoms with E-state index in [0.29, 0.717) is 13.0 Å². The van der Waals surface area contributed by atoms with Crippen LogP contribution in [-0.4, -0.2) is 52.1 Å². The Morgan fingerprint density at radius 1 is 1.09 bits per heavy atom. The summed E-state index contributed by atoms with van der Waals surface area (Å²) >= 11 is 0. The predicted octanol–water partition coefficient (Wildman–Crippen LogP) is 4.64. The van der Waals surface area contributed by atoms with E-state index in [1.165, 1.54) is 5.56 Å².